The maximum Gasteiger partial charge on any atom is 0.339 e. The Hall–Kier alpha value is -4.30. The number of carbonyl (C=O) groups excluding carboxylic acids is 1. The minimum atomic E-state index is -2.71. The van der Waals surface area contributed by atoms with Crippen molar-refractivity contribution in [1.29, 1.82) is 0 Å². The van der Waals surface area contributed by atoms with Crippen molar-refractivity contribution in [3.8, 4) is 5.75 Å². The number of methoxy groups -OCH3 is 1. The van der Waals surface area contributed by atoms with Crippen LogP contribution in [-0.4, -0.2) is 40.2 Å². The van der Waals surface area contributed by atoms with E-state index in [9.17, 15) is 4.79 Å². The quantitative estimate of drug-likeness (QED) is 0.0519. The molecule has 0 radical (unpaired) electrons. The molecule has 0 aliphatic carbocycles. The average Bonchev–Trinajstić information content (AvgIpc) is 3.11. The number of rotatable bonds is 16. The van der Waals surface area contributed by atoms with E-state index in [0.717, 1.165) is 11.3 Å². The summed E-state index contributed by atoms with van der Waals surface area (Å²) in [7, 11) is -1.08. The Balaban J connectivity index is 1.46. The minimum absolute atomic E-state index is 0.159. The largest absolute Gasteiger partial charge is 0.497 e. The Bertz CT molecular complexity index is 1560. The molecule has 0 aromatic heterocycles. The summed E-state index contributed by atoms with van der Waals surface area (Å²) in [5.74, 6) is -0.375. The number of carbonyl (C=O) groups is 1. The Labute approximate surface area is 286 Å². The van der Waals surface area contributed by atoms with E-state index in [-0.39, 0.29) is 11.1 Å². The summed E-state index contributed by atoms with van der Waals surface area (Å²) in [6.45, 7) is 9.39. The van der Waals surface area contributed by atoms with Gasteiger partial charge in [0.15, 0.2) is 6.10 Å². The number of hydrogen-bond donors (Lipinski definition) is 0. The van der Waals surface area contributed by atoms with Crippen LogP contribution in [0, 0.1) is 0 Å². The Morgan fingerprint density at radius 3 is 1.94 bits per heavy atom. The summed E-state index contributed by atoms with van der Waals surface area (Å²) in [5.41, 5.74) is 1.35. The first-order valence-electron chi connectivity index (χ1n) is 16.4. The molecule has 0 aliphatic rings. The number of hydrogen-bond acceptors (Lipinski definition) is 5. The Morgan fingerprint density at radius 1 is 0.833 bits per heavy atom. The third-order valence-electron chi connectivity index (χ3n) is 8.18. The van der Waals surface area contributed by atoms with Crippen LogP contribution in [0.2, 0.25) is 5.04 Å². The molecular formula is C41H47FO5Si. The summed E-state index contributed by atoms with van der Waals surface area (Å²) in [6.07, 6.45) is 4.25. The van der Waals surface area contributed by atoms with Crippen molar-refractivity contribution in [1.82, 2.24) is 0 Å². The van der Waals surface area contributed by atoms with Gasteiger partial charge in [-0.3, -0.25) is 0 Å². The molecule has 0 N–H and O–H groups in total. The van der Waals surface area contributed by atoms with Crippen molar-refractivity contribution in [3.05, 3.63) is 150 Å². The summed E-state index contributed by atoms with van der Waals surface area (Å²) >= 11 is 0. The molecule has 4 aromatic carbocycles. The van der Waals surface area contributed by atoms with Crippen LogP contribution >= 0.6 is 0 Å². The van der Waals surface area contributed by atoms with Gasteiger partial charge in [0.1, 0.15) is 11.6 Å². The fraction of sp³-hybridized carbons (Fsp3) is 0.293. The molecule has 1 unspecified atom stereocenters. The van der Waals surface area contributed by atoms with Gasteiger partial charge in [-0.25, -0.2) is 9.18 Å². The third-order valence-corrected chi connectivity index (χ3v) is 13.2. The van der Waals surface area contributed by atoms with Crippen molar-refractivity contribution in [2.45, 2.75) is 64.4 Å². The molecule has 48 heavy (non-hydrogen) atoms. The maximum absolute atomic E-state index is 15.7. The summed E-state index contributed by atoms with van der Waals surface area (Å²) < 4.78 is 39.5. The van der Waals surface area contributed by atoms with E-state index in [0.29, 0.717) is 31.6 Å². The van der Waals surface area contributed by atoms with Gasteiger partial charge in [-0.15, -0.1) is 0 Å². The predicted octanol–water partition coefficient (Wildman–Crippen LogP) is 8.59. The monoisotopic (exact) mass is 666 g/mol. The molecule has 252 valence electrons. The van der Waals surface area contributed by atoms with E-state index in [2.05, 4.69) is 69.3 Å². The molecule has 0 amide bonds. The van der Waals surface area contributed by atoms with Crippen LogP contribution in [-0.2, 0) is 20.5 Å². The lowest BCUT2D eigenvalue weighted by Gasteiger charge is -2.43. The highest BCUT2D eigenvalue weighted by Crippen LogP contribution is 2.36. The molecule has 0 saturated carbocycles. The number of halogens is 1. The van der Waals surface area contributed by atoms with Crippen LogP contribution in [0.5, 0.6) is 5.75 Å². The van der Waals surface area contributed by atoms with Gasteiger partial charge in [0.05, 0.1) is 25.4 Å². The van der Waals surface area contributed by atoms with Crippen LogP contribution in [0.25, 0.3) is 0 Å². The molecule has 0 fully saturated rings. The fourth-order valence-electron chi connectivity index (χ4n) is 5.63. The first-order valence-corrected chi connectivity index (χ1v) is 18.3. The smallest absolute Gasteiger partial charge is 0.339 e. The topological polar surface area (TPSA) is 54.0 Å². The first kappa shape index (κ1) is 36.5. The van der Waals surface area contributed by atoms with Crippen LogP contribution in [0.15, 0.2) is 139 Å². The summed E-state index contributed by atoms with van der Waals surface area (Å²) in [4.78, 5) is 12.9. The predicted molar refractivity (Wildman–Crippen MR) is 194 cm³/mol. The van der Waals surface area contributed by atoms with Gasteiger partial charge in [-0.2, -0.15) is 0 Å². The van der Waals surface area contributed by atoms with Crippen LogP contribution < -0.4 is 15.1 Å². The van der Waals surface area contributed by atoms with Crippen molar-refractivity contribution >= 4 is 24.7 Å². The molecule has 4 rings (SSSR count). The molecule has 7 heteroatoms. The van der Waals surface area contributed by atoms with E-state index >= 15 is 4.39 Å². The summed E-state index contributed by atoms with van der Waals surface area (Å²) in [5, 5.41) is 2.23. The zero-order chi connectivity index (χ0) is 34.4. The zero-order valence-corrected chi connectivity index (χ0v) is 29.6. The van der Waals surface area contributed by atoms with E-state index in [4.69, 9.17) is 18.6 Å². The Morgan fingerprint density at radius 2 is 1.40 bits per heavy atom. The molecule has 0 saturated heterocycles. The highest BCUT2D eigenvalue weighted by atomic mass is 28.4. The average molecular weight is 667 g/mol. The third kappa shape index (κ3) is 9.86. The van der Waals surface area contributed by atoms with Crippen LogP contribution in [0.4, 0.5) is 4.39 Å². The van der Waals surface area contributed by atoms with Crippen molar-refractivity contribution < 1.29 is 27.8 Å². The second-order valence-corrected chi connectivity index (χ2v) is 17.0. The van der Waals surface area contributed by atoms with E-state index in [1.54, 1.807) is 37.5 Å². The molecule has 2 atom stereocenters. The molecular weight excluding hydrogens is 620 g/mol. The zero-order valence-electron chi connectivity index (χ0n) is 28.6. The lowest BCUT2D eigenvalue weighted by atomic mass is 10.2. The van der Waals surface area contributed by atoms with Crippen LogP contribution in [0.3, 0.4) is 0 Å². The Kier molecular flexibility index (Phi) is 13.5. The van der Waals surface area contributed by atoms with Gasteiger partial charge in [0.2, 0.25) is 0 Å². The second kappa shape index (κ2) is 17.7. The van der Waals surface area contributed by atoms with Crippen LogP contribution in [0.1, 0.15) is 56.5 Å². The SMILES string of the molecule is COc1ccc(CO[C@H](C)C/C=C(/F)C(/C=C\CCO[Si](c2ccccc2)(c2ccccc2)C(C)(C)C)OC(=O)c2ccccc2)cc1. The molecule has 4 aromatic rings. The molecule has 0 heterocycles. The lowest BCUT2D eigenvalue weighted by molar-refractivity contribution is 0.0409. The van der Waals surface area contributed by atoms with Crippen molar-refractivity contribution in [2.75, 3.05) is 13.7 Å². The van der Waals surface area contributed by atoms with Gasteiger partial charge in [0.25, 0.3) is 8.32 Å². The first-order chi connectivity index (χ1) is 23.1. The minimum Gasteiger partial charge on any atom is -0.497 e. The lowest BCUT2D eigenvalue weighted by Crippen LogP contribution is -2.66. The number of esters is 1. The fourth-order valence-corrected chi connectivity index (χ4v) is 10.2. The highest BCUT2D eigenvalue weighted by molar-refractivity contribution is 6.99. The van der Waals surface area contributed by atoms with Gasteiger partial charge in [0, 0.05) is 6.61 Å². The van der Waals surface area contributed by atoms with E-state index in [1.165, 1.54) is 16.4 Å². The van der Waals surface area contributed by atoms with E-state index in [1.807, 2.05) is 55.5 Å². The van der Waals surface area contributed by atoms with Crippen molar-refractivity contribution in [3.63, 3.8) is 0 Å². The summed E-state index contributed by atoms with van der Waals surface area (Å²) in [6, 6.07) is 37.1. The highest BCUT2D eigenvalue weighted by Gasteiger charge is 2.49. The second-order valence-electron chi connectivity index (χ2n) is 12.7. The maximum atomic E-state index is 15.7. The molecule has 5 nitrogen and oxygen atoms in total. The molecule has 0 aliphatic heterocycles. The number of ether oxygens (including phenoxy) is 3. The standard InChI is InChI=1S/C41H47FO5Si/c1-32(45-31-33-25-27-35(44-5)28-26-33)24-29-38(42)39(47-40(43)34-17-9-6-10-18-34)23-15-16-30-46-48(41(2,3)4,36-19-11-7-12-20-36)37-21-13-8-14-22-37/h6-15,17-23,25-29,32,39H,16,24,30-31H2,1-5H3/b23-15-,38-29+/t32-,39?/m1/s1. The number of benzene rings is 4. The van der Waals surface area contributed by atoms with Crippen molar-refractivity contribution in [2.24, 2.45) is 0 Å². The normalized spacial score (nSPS) is 13.7. The van der Waals surface area contributed by atoms with E-state index < -0.39 is 26.2 Å². The van der Waals surface area contributed by atoms with Gasteiger partial charge >= 0.3 is 5.97 Å². The molecule has 0 bridgehead atoms. The van der Waals surface area contributed by atoms with Gasteiger partial charge in [-0.1, -0.05) is 118 Å². The van der Waals surface area contributed by atoms with Gasteiger partial charge in [-0.05, 0) is 77.2 Å². The van der Waals surface area contributed by atoms with Gasteiger partial charge < -0.3 is 18.6 Å². The molecule has 0 spiro atoms.